The monoisotopic (exact) mass is 276 g/mol. The van der Waals surface area contributed by atoms with Crippen LogP contribution in [-0.4, -0.2) is 11.8 Å². The van der Waals surface area contributed by atoms with Crippen molar-refractivity contribution >= 4 is 23.2 Å². The van der Waals surface area contributed by atoms with Gasteiger partial charge in [0, 0.05) is 17.2 Å². The van der Waals surface area contributed by atoms with Gasteiger partial charge in [-0.05, 0) is 36.5 Å². The Morgan fingerprint density at radius 2 is 1.88 bits per heavy atom. The van der Waals surface area contributed by atoms with E-state index in [2.05, 4.69) is 13.8 Å². The van der Waals surface area contributed by atoms with Gasteiger partial charge in [-0.15, -0.1) is 23.2 Å². The first-order valence-corrected chi connectivity index (χ1v) is 6.94. The second kappa shape index (κ2) is 6.61. The molecular weight excluding hydrogens is 258 g/mol. The van der Waals surface area contributed by atoms with Gasteiger partial charge in [-0.25, -0.2) is 4.39 Å². The molecule has 0 aliphatic rings. The van der Waals surface area contributed by atoms with Gasteiger partial charge in [0.05, 0.1) is 0 Å². The number of hydrogen-bond acceptors (Lipinski definition) is 0. The van der Waals surface area contributed by atoms with Crippen LogP contribution in [0.5, 0.6) is 0 Å². The van der Waals surface area contributed by atoms with E-state index in [1.54, 1.807) is 12.1 Å². The third-order valence-corrected chi connectivity index (χ3v) is 4.01. The van der Waals surface area contributed by atoms with Gasteiger partial charge in [0.1, 0.15) is 5.82 Å². The van der Waals surface area contributed by atoms with E-state index in [0.29, 0.717) is 17.7 Å². The van der Waals surface area contributed by atoms with Crippen molar-refractivity contribution in [2.24, 2.45) is 11.3 Å². The minimum atomic E-state index is -0.204. The quantitative estimate of drug-likeness (QED) is 0.650. The normalized spacial score (nSPS) is 12.1. The second-order valence-electron chi connectivity index (χ2n) is 5.17. The highest BCUT2D eigenvalue weighted by Crippen LogP contribution is 2.33. The molecule has 0 heterocycles. The van der Waals surface area contributed by atoms with Crippen LogP contribution in [0.25, 0.3) is 0 Å². The SMILES string of the molecule is CC(C)CC(CCl)(CCl)Cc1cccc(F)c1. The van der Waals surface area contributed by atoms with E-state index in [9.17, 15) is 4.39 Å². The molecule has 0 saturated carbocycles. The zero-order valence-corrected chi connectivity index (χ0v) is 11.9. The van der Waals surface area contributed by atoms with Crippen LogP contribution in [-0.2, 0) is 6.42 Å². The van der Waals surface area contributed by atoms with Gasteiger partial charge in [0.2, 0.25) is 0 Å². The summed E-state index contributed by atoms with van der Waals surface area (Å²) in [6.45, 7) is 4.30. The van der Waals surface area contributed by atoms with Gasteiger partial charge >= 0.3 is 0 Å². The van der Waals surface area contributed by atoms with Crippen LogP contribution >= 0.6 is 23.2 Å². The first-order chi connectivity index (χ1) is 8.01. The summed E-state index contributed by atoms with van der Waals surface area (Å²) in [5.41, 5.74) is 0.831. The lowest BCUT2D eigenvalue weighted by atomic mass is 9.78. The minimum Gasteiger partial charge on any atom is -0.207 e. The van der Waals surface area contributed by atoms with Crippen molar-refractivity contribution in [1.82, 2.24) is 0 Å². The molecule has 0 spiro atoms. The van der Waals surface area contributed by atoms with Crippen LogP contribution in [0.2, 0.25) is 0 Å². The molecule has 0 radical (unpaired) electrons. The van der Waals surface area contributed by atoms with Crippen molar-refractivity contribution in [2.75, 3.05) is 11.8 Å². The molecule has 0 saturated heterocycles. The van der Waals surface area contributed by atoms with Crippen LogP contribution in [0.15, 0.2) is 24.3 Å². The van der Waals surface area contributed by atoms with E-state index < -0.39 is 0 Å². The van der Waals surface area contributed by atoms with Gasteiger partial charge < -0.3 is 0 Å². The standard InChI is InChI=1S/C14H19Cl2F/c1-11(2)7-14(9-15,10-16)8-12-4-3-5-13(17)6-12/h3-6,11H,7-10H2,1-2H3. The molecule has 0 unspecified atom stereocenters. The number of rotatable bonds is 6. The molecule has 0 aromatic heterocycles. The molecule has 1 rings (SSSR count). The Kier molecular flexibility index (Phi) is 5.75. The molecule has 0 atom stereocenters. The molecule has 0 N–H and O–H groups in total. The summed E-state index contributed by atoms with van der Waals surface area (Å²) in [6.07, 6.45) is 1.69. The summed E-state index contributed by atoms with van der Waals surface area (Å²) < 4.78 is 13.1. The Morgan fingerprint density at radius 3 is 2.35 bits per heavy atom. The molecule has 1 aromatic carbocycles. The minimum absolute atomic E-state index is 0.134. The van der Waals surface area contributed by atoms with Crippen molar-refractivity contribution in [3.8, 4) is 0 Å². The van der Waals surface area contributed by atoms with Crippen molar-refractivity contribution < 1.29 is 4.39 Å². The lowest BCUT2D eigenvalue weighted by Crippen LogP contribution is -2.30. The number of hydrogen-bond donors (Lipinski definition) is 0. The molecule has 17 heavy (non-hydrogen) atoms. The number of alkyl halides is 2. The molecule has 0 amide bonds. The van der Waals surface area contributed by atoms with Crippen LogP contribution in [0, 0.1) is 17.2 Å². The Hall–Kier alpha value is -0.270. The van der Waals surface area contributed by atoms with Gasteiger partial charge in [-0.2, -0.15) is 0 Å². The summed E-state index contributed by atoms with van der Waals surface area (Å²) in [4.78, 5) is 0. The third-order valence-electron chi connectivity index (χ3n) is 2.88. The Bertz CT molecular complexity index is 346. The average Bonchev–Trinajstić information content (AvgIpc) is 2.27. The van der Waals surface area contributed by atoms with Gasteiger partial charge in [0.15, 0.2) is 0 Å². The topological polar surface area (TPSA) is 0 Å². The van der Waals surface area contributed by atoms with E-state index in [1.807, 2.05) is 6.07 Å². The lowest BCUT2D eigenvalue weighted by Gasteiger charge is -2.31. The third kappa shape index (κ3) is 4.48. The zero-order valence-electron chi connectivity index (χ0n) is 10.3. The van der Waals surface area contributed by atoms with E-state index in [-0.39, 0.29) is 11.2 Å². The van der Waals surface area contributed by atoms with Crippen LogP contribution in [0.3, 0.4) is 0 Å². The summed E-state index contributed by atoms with van der Waals surface area (Å²) >= 11 is 12.2. The molecule has 1 aromatic rings. The molecule has 96 valence electrons. The van der Waals surface area contributed by atoms with Crippen molar-refractivity contribution in [3.63, 3.8) is 0 Å². The van der Waals surface area contributed by atoms with E-state index in [0.717, 1.165) is 18.4 Å². The molecule has 0 aliphatic carbocycles. The maximum atomic E-state index is 13.1. The zero-order chi connectivity index (χ0) is 12.9. The van der Waals surface area contributed by atoms with Gasteiger partial charge in [-0.3, -0.25) is 0 Å². The molecule has 0 aliphatic heterocycles. The van der Waals surface area contributed by atoms with Crippen LogP contribution < -0.4 is 0 Å². The lowest BCUT2D eigenvalue weighted by molar-refractivity contribution is 0.295. The highest BCUT2D eigenvalue weighted by Gasteiger charge is 2.29. The van der Waals surface area contributed by atoms with Crippen LogP contribution in [0.1, 0.15) is 25.8 Å². The largest absolute Gasteiger partial charge is 0.207 e. The summed E-state index contributed by atoms with van der Waals surface area (Å²) in [6, 6.07) is 6.67. The Morgan fingerprint density at radius 1 is 1.24 bits per heavy atom. The molecule has 3 heteroatoms. The highest BCUT2D eigenvalue weighted by molar-refractivity contribution is 6.21. The predicted octanol–water partition coefficient (Wildman–Crippen LogP) is 4.88. The second-order valence-corrected chi connectivity index (χ2v) is 5.71. The molecule has 0 nitrogen and oxygen atoms in total. The maximum absolute atomic E-state index is 13.1. The van der Waals surface area contributed by atoms with Crippen molar-refractivity contribution in [1.29, 1.82) is 0 Å². The molecular formula is C14H19Cl2F. The first kappa shape index (κ1) is 14.8. The molecule has 0 bridgehead atoms. The van der Waals surface area contributed by atoms with Gasteiger partial charge in [-0.1, -0.05) is 26.0 Å². The van der Waals surface area contributed by atoms with E-state index >= 15 is 0 Å². The fourth-order valence-electron chi connectivity index (χ4n) is 2.26. The van der Waals surface area contributed by atoms with Crippen LogP contribution in [0.4, 0.5) is 4.39 Å². The average molecular weight is 277 g/mol. The summed E-state index contributed by atoms with van der Waals surface area (Å²) in [5, 5.41) is 0. The Labute approximate surface area is 113 Å². The summed E-state index contributed by atoms with van der Waals surface area (Å²) in [7, 11) is 0. The summed E-state index contributed by atoms with van der Waals surface area (Å²) in [5.74, 6) is 1.34. The van der Waals surface area contributed by atoms with Crippen molar-refractivity contribution in [2.45, 2.75) is 26.7 Å². The fraction of sp³-hybridized carbons (Fsp3) is 0.571. The highest BCUT2D eigenvalue weighted by atomic mass is 35.5. The predicted molar refractivity (Wildman–Crippen MR) is 73.4 cm³/mol. The van der Waals surface area contributed by atoms with Gasteiger partial charge in [0.25, 0.3) is 0 Å². The number of halogens is 3. The molecule has 0 fully saturated rings. The van der Waals surface area contributed by atoms with E-state index in [1.165, 1.54) is 6.07 Å². The maximum Gasteiger partial charge on any atom is 0.123 e. The number of benzene rings is 1. The smallest absolute Gasteiger partial charge is 0.123 e. The Balaban J connectivity index is 2.85. The first-order valence-electron chi connectivity index (χ1n) is 5.88. The fourth-order valence-corrected chi connectivity index (χ4v) is 2.95. The van der Waals surface area contributed by atoms with Crippen molar-refractivity contribution in [3.05, 3.63) is 35.6 Å². The van der Waals surface area contributed by atoms with E-state index in [4.69, 9.17) is 23.2 Å².